The monoisotopic (exact) mass is 401 g/mol. The van der Waals surface area contributed by atoms with Crippen molar-refractivity contribution >= 4 is 22.4 Å². The van der Waals surface area contributed by atoms with E-state index < -0.39 is 11.1 Å². The van der Waals surface area contributed by atoms with Crippen LogP contribution in [0.15, 0.2) is 24.4 Å². The fraction of sp³-hybridized carbons (Fsp3) is 0.412. The van der Waals surface area contributed by atoms with Crippen LogP contribution in [-0.2, 0) is 6.18 Å². The van der Waals surface area contributed by atoms with E-state index in [1.807, 2.05) is 0 Å². The molecule has 1 saturated heterocycles. The van der Waals surface area contributed by atoms with E-state index in [1.54, 1.807) is 28.0 Å². The molecule has 0 N–H and O–H groups in total. The molecular weight excluding hydrogens is 383 g/mol. The third kappa shape index (κ3) is 4.10. The van der Waals surface area contributed by atoms with Gasteiger partial charge >= 0.3 is 6.18 Å². The number of piperazine rings is 1. The second-order valence-corrected chi connectivity index (χ2v) is 6.86. The highest BCUT2D eigenvalue weighted by molar-refractivity contribution is 7.15. The molecule has 2 aromatic rings. The molecule has 1 aliphatic heterocycles. The first-order chi connectivity index (χ1) is 12.8. The number of halogens is 3. The maximum atomic E-state index is 12.7. The highest BCUT2D eigenvalue weighted by Crippen LogP contribution is 2.36. The van der Waals surface area contributed by atoms with Gasteiger partial charge < -0.3 is 19.3 Å². The van der Waals surface area contributed by atoms with Crippen LogP contribution in [0.3, 0.4) is 0 Å². The maximum absolute atomic E-state index is 12.7. The van der Waals surface area contributed by atoms with E-state index in [4.69, 9.17) is 9.47 Å². The summed E-state index contributed by atoms with van der Waals surface area (Å²) in [5.41, 5.74) is 0.467. The van der Waals surface area contributed by atoms with Gasteiger partial charge in [0.05, 0.1) is 20.4 Å². The van der Waals surface area contributed by atoms with Gasteiger partial charge in [0.15, 0.2) is 16.6 Å². The SMILES string of the molecule is COc1ccc(C(=O)N2CCN(c3ncc(C(F)(F)F)s3)CC2)cc1OC. The lowest BCUT2D eigenvalue weighted by Gasteiger charge is -2.34. The highest BCUT2D eigenvalue weighted by Gasteiger charge is 2.34. The van der Waals surface area contributed by atoms with Gasteiger partial charge in [-0.15, -0.1) is 0 Å². The van der Waals surface area contributed by atoms with Gasteiger partial charge in [-0.2, -0.15) is 13.2 Å². The van der Waals surface area contributed by atoms with E-state index in [-0.39, 0.29) is 5.91 Å². The summed E-state index contributed by atoms with van der Waals surface area (Å²) in [5, 5.41) is 0.320. The zero-order valence-electron chi connectivity index (χ0n) is 14.7. The number of benzene rings is 1. The fourth-order valence-electron chi connectivity index (χ4n) is 2.79. The summed E-state index contributed by atoms with van der Waals surface area (Å²) in [6.45, 7) is 1.63. The molecule has 10 heteroatoms. The van der Waals surface area contributed by atoms with Crippen LogP contribution >= 0.6 is 11.3 Å². The van der Waals surface area contributed by atoms with Gasteiger partial charge in [0.25, 0.3) is 5.91 Å². The van der Waals surface area contributed by atoms with Gasteiger partial charge in [0, 0.05) is 31.7 Å². The van der Waals surface area contributed by atoms with Crippen LogP contribution in [0.1, 0.15) is 15.2 Å². The van der Waals surface area contributed by atoms with Crippen molar-refractivity contribution < 1.29 is 27.4 Å². The lowest BCUT2D eigenvalue weighted by molar-refractivity contribution is -0.134. The predicted molar refractivity (Wildman–Crippen MR) is 94.8 cm³/mol. The van der Waals surface area contributed by atoms with Gasteiger partial charge in [-0.3, -0.25) is 4.79 Å². The Hall–Kier alpha value is -2.49. The Labute approximate surface area is 158 Å². The summed E-state index contributed by atoms with van der Waals surface area (Å²) in [6.07, 6.45) is -3.54. The Morgan fingerprint density at radius 1 is 1.11 bits per heavy atom. The molecule has 0 spiro atoms. The van der Waals surface area contributed by atoms with Crippen molar-refractivity contribution in [3.63, 3.8) is 0 Å². The topological polar surface area (TPSA) is 54.9 Å². The minimum absolute atomic E-state index is 0.161. The third-order valence-corrected chi connectivity index (χ3v) is 5.34. The number of amides is 1. The molecule has 1 aliphatic rings. The molecule has 1 aromatic heterocycles. The van der Waals surface area contributed by atoms with Gasteiger partial charge in [0.2, 0.25) is 0 Å². The molecule has 0 unspecified atom stereocenters. The van der Waals surface area contributed by atoms with Crippen molar-refractivity contribution in [3.05, 3.63) is 34.8 Å². The lowest BCUT2D eigenvalue weighted by Crippen LogP contribution is -2.48. The van der Waals surface area contributed by atoms with Crippen molar-refractivity contribution in [2.24, 2.45) is 0 Å². The number of hydrogen-bond acceptors (Lipinski definition) is 6. The average molecular weight is 401 g/mol. The van der Waals surface area contributed by atoms with Gasteiger partial charge in [-0.1, -0.05) is 11.3 Å². The van der Waals surface area contributed by atoms with Crippen LogP contribution in [0.25, 0.3) is 0 Å². The first-order valence-corrected chi connectivity index (χ1v) is 8.94. The average Bonchev–Trinajstić information content (AvgIpc) is 3.17. The highest BCUT2D eigenvalue weighted by atomic mass is 32.1. The van der Waals surface area contributed by atoms with Gasteiger partial charge in [-0.05, 0) is 18.2 Å². The standard InChI is InChI=1S/C17H18F3N3O3S/c1-25-12-4-3-11(9-13(12)26-2)15(24)22-5-7-23(8-6-22)16-21-10-14(27-16)17(18,19)20/h3-4,9-10H,5-8H2,1-2H3. The number of anilines is 1. The van der Waals surface area contributed by atoms with Crippen LogP contribution in [0.4, 0.5) is 18.3 Å². The molecule has 0 saturated carbocycles. The Morgan fingerprint density at radius 3 is 2.33 bits per heavy atom. The Bertz CT molecular complexity index is 817. The summed E-state index contributed by atoms with van der Waals surface area (Å²) in [6, 6.07) is 4.94. The number of rotatable bonds is 4. The third-order valence-electron chi connectivity index (χ3n) is 4.24. The van der Waals surface area contributed by atoms with E-state index in [2.05, 4.69) is 4.98 Å². The molecule has 27 heavy (non-hydrogen) atoms. The first-order valence-electron chi connectivity index (χ1n) is 8.12. The molecule has 1 amide bonds. The molecule has 6 nitrogen and oxygen atoms in total. The zero-order valence-corrected chi connectivity index (χ0v) is 15.6. The van der Waals surface area contributed by atoms with Crippen LogP contribution in [0.5, 0.6) is 11.5 Å². The van der Waals surface area contributed by atoms with Crippen molar-refractivity contribution in [1.82, 2.24) is 9.88 Å². The molecule has 2 heterocycles. The molecule has 3 rings (SSSR count). The summed E-state index contributed by atoms with van der Waals surface area (Å²) >= 11 is 0.617. The number of carbonyl (C=O) groups excluding carboxylic acids is 1. The molecule has 0 atom stereocenters. The number of thiazole rings is 1. The summed E-state index contributed by atoms with van der Waals surface area (Å²) in [7, 11) is 3.01. The van der Waals surface area contributed by atoms with E-state index in [0.29, 0.717) is 59.7 Å². The van der Waals surface area contributed by atoms with E-state index in [9.17, 15) is 18.0 Å². The van der Waals surface area contributed by atoms with Crippen molar-refractivity contribution in [3.8, 4) is 11.5 Å². The smallest absolute Gasteiger partial charge is 0.427 e. The summed E-state index contributed by atoms with van der Waals surface area (Å²) < 4.78 is 48.5. The number of aromatic nitrogens is 1. The molecule has 146 valence electrons. The molecule has 0 aliphatic carbocycles. The number of hydrogen-bond donors (Lipinski definition) is 0. The second kappa shape index (κ2) is 7.63. The van der Waals surface area contributed by atoms with Crippen LogP contribution < -0.4 is 14.4 Å². The largest absolute Gasteiger partial charge is 0.493 e. The number of nitrogens with zero attached hydrogens (tertiary/aromatic N) is 3. The normalized spacial score (nSPS) is 15.0. The quantitative estimate of drug-likeness (QED) is 0.788. The van der Waals surface area contributed by atoms with Crippen LogP contribution in [0, 0.1) is 0 Å². The van der Waals surface area contributed by atoms with Crippen molar-refractivity contribution in [2.75, 3.05) is 45.3 Å². The fourth-order valence-corrected chi connectivity index (χ4v) is 3.63. The number of carbonyl (C=O) groups is 1. The summed E-state index contributed by atoms with van der Waals surface area (Å²) in [4.78, 5) is 19.3. The first kappa shape index (κ1) is 19.3. The van der Waals surface area contributed by atoms with Crippen molar-refractivity contribution in [2.45, 2.75) is 6.18 Å². The van der Waals surface area contributed by atoms with E-state index in [0.717, 1.165) is 6.20 Å². The summed E-state index contributed by atoms with van der Waals surface area (Å²) in [5.74, 6) is 0.832. The number of alkyl halides is 3. The Kier molecular flexibility index (Phi) is 5.45. The minimum Gasteiger partial charge on any atom is -0.493 e. The lowest BCUT2D eigenvalue weighted by atomic mass is 10.1. The molecular formula is C17H18F3N3O3S. The van der Waals surface area contributed by atoms with E-state index in [1.165, 1.54) is 14.2 Å². The van der Waals surface area contributed by atoms with Crippen LogP contribution in [-0.4, -0.2) is 56.2 Å². The van der Waals surface area contributed by atoms with Crippen molar-refractivity contribution in [1.29, 1.82) is 0 Å². The molecule has 1 fully saturated rings. The van der Waals surface area contributed by atoms with Crippen LogP contribution in [0.2, 0.25) is 0 Å². The van der Waals surface area contributed by atoms with Gasteiger partial charge in [0.1, 0.15) is 4.88 Å². The predicted octanol–water partition coefficient (Wildman–Crippen LogP) is 3.14. The van der Waals surface area contributed by atoms with E-state index >= 15 is 0 Å². The van der Waals surface area contributed by atoms with Gasteiger partial charge in [-0.25, -0.2) is 4.98 Å². The second-order valence-electron chi connectivity index (χ2n) is 5.85. The number of methoxy groups -OCH3 is 2. The maximum Gasteiger partial charge on any atom is 0.427 e. The molecule has 0 radical (unpaired) electrons. The molecule has 0 bridgehead atoms. The Balaban J connectivity index is 1.65. The molecule has 1 aromatic carbocycles. The minimum atomic E-state index is -4.39. The zero-order chi connectivity index (χ0) is 19.6. The number of ether oxygens (including phenoxy) is 2. The Morgan fingerprint density at radius 2 is 1.78 bits per heavy atom.